The predicted octanol–water partition coefficient (Wildman–Crippen LogP) is 5.14. The van der Waals surface area contributed by atoms with Crippen LogP contribution in [-0.4, -0.2) is 41.7 Å². The van der Waals surface area contributed by atoms with Gasteiger partial charge in [-0.25, -0.2) is 0 Å². The molecule has 7 rings (SSSR count). The van der Waals surface area contributed by atoms with Crippen LogP contribution in [0.1, 0.15) is 47.7 Å². The second-order valence-corrected chi connectivity index (χ2v) is 11.2. The molecule has 2 amide bonds. The first-order valence-electron chi connectivity index (χ1n) is 13.5. The van der Waals surface area contributed by atoms with Crippen molar-refractivity contribution < 1.29 is 19.1 Å². The third kappa shape index (κ3) is 3.00. The lowest BCUT2D eigenvalue weighted by Gasteiger charge is -2.43. The first kappa shape index (κ1) is 24.4. The number of hydrogen-bond acceptors (Lipinski definition) is 5. The number of rotatable bonds is 5. The van der Waals surface area contributed by atoms with Crippen LogP contribution in [0.4, 0.5) is 11.4 Å². The Balaban J connectivity index is 1.52. The third-order valence-electron chi connectivity index (χ3n) is 8.93. The van der Waals surface area contributed by atoms with Crippen molar-refractivity contribution in [2.24, 2.45) is 5.92 Å². The standard InChI is InChI=1S/C31H28ClN3O4/c1-2-15-39-20-8-5-7-18(16-20)27(36)26-25-11-6-14-35(25)31(22-17-19(32)12-13-24(22)34-29(31)38)30(26)21-9-3-4-10-23(21)33-28(30)37/h3-5,7-10,12-13,16-17,25-26H,2,6,11,14-15H2,1H3,(H,33,37)(H,34,38). The van der Waals surface area contributed by atoms with Crippen molar-refractivity contribution in [1.82, 2.24) is 4.90 Å². The zero-order valence-corrected chi connectivity index (χ0v) is 22.3. The van der Waals surface area contributed by atoms with Gasteiger partial charge in [-0.05, 0) is 67.8 Å². The summed E-state index contributed by atoms with van der Waals surface area (Å²) in [7, 11) is 0. The number of carbonyl (C=O) groups excluding carboxylic acids is 3. The van der Waals surface area contributed by atoms with E-state index in [1.807, 2.05) is 43.3 Å². The zero-order chi connectivity index (χ0) is 26.9. The van der Waals surface area contributed by atoms with E-state index in [1.54, 1.807) is 30.3 Å². The van der Waals surface area contributed by atoms with Crippen molar-refractivity contribution in [2.45, 2.75) is 43.2 Å². The lowest BCUT2D eigenvalue weighted by atomic mass is 9.57. The summed E-state index contributed by atoms with van der Waals surface area (Å²) in [5, 5.41) is 6.58. The average molecular weight is 542 g/mol. The molecule has 0 aliphatic carbocycles. The number of carbonyl (C=O) groups is 3. The van der Waals surface area contributed by atoms with Gasteiger partial charge in [0.1, 0.15) is 16.7 Å². The van der Waals surface area contributed by atoms with Gasteiger partial charge in [0.25, 0.3) is 5.91 Å². The number of hydrogen-bond donors (Lipinski definition) is 2. The van der Waals surface area contributed by atoms with Crippen LogP contribution in [0.25, 0.3) is 0 Å². The third-order valence-corrected chi connectivity index (χ3v) is 9.17. The maximum atomic E-state index is 14.7. The van der Waals surface area contributed by atoms with Crippen LogP contribution < -0.4 is 15.4 Å². The van der Waals surface area contributed by atoms with Gasteiger partial charge >= 0.3 is 0 Å². The molecule has 4 atom stereocenters. The topological polar surface area (TPSA) is 87.7 Å². The highest BCUT2D eigenvalue weighted by atomic mass is 35.5. The van der Waals surface area contributed by atoms with Crippen LogP contribution in [0.2, 0.25) is 5.02 Å². The fourth-order valence-corrected chi connectivity index (χ4v) is 7.86. The van der Waals surface area contributed by atoms with Gasteiger partial charge in [-0.15, -0.1) is 0 Å². The molecule has 198 valence electrons. The van der Waals surface area contributed by atoms with Crippen LogP contribution in [0.5, 0.6) is 5.75 Å². The number of fused-ring (bicyclic) bond motifs is 7. The fraction of sp³-hybridized carbons (Fsp3) is 0.323. The Morgan fingerprint density at radius 2 is 1.79 bits per heavy atom. The zero-order valence-electron chi connectivity index (χ0n) is 21.5. The van der Waals surface area contributed by atoms with E-state index in [1.165, 1.54) is 0 Å². The number of para-hydroxylation sites is 1. The molecule has 0 radical (unpaired) electrons. The van der Waals surface area contributed by atoms with Crippen molar-refractivity contribution >= 4 is 40.6 Å². The van der Waals surface area contributed by atoms with E-state index in [4.69, 9.17) is 16.3 Å². The van der Waals surface area contributed by atoms with Crippen LogP contribution >= 0.6 is 11.6 Å². The van der Waals surface area contributed by atoms with Gasteiger partial charge in [0.05, 0.1) is 12.5 Å². The number of Topliss-reactive ketones (excluding diaryl/α,β-unsaturated/α-hetero) is 1. The fourth-order valence-electron chi connectivity index (χ4n) is 7.69. The highest BCUT2D eigenvalue weighted by Gasteiger charge is 2.81. The van der Waals surface area contributed by atoms with E-state index >= 15 is 0 Å². The number of benzene rings is 3. The second kappa shape index (κ2) is 8.66. The van der Waals surface area contributed by atoms with Crippen LogP contribution in [-0.2, 0) is 20.5 Å². The summed E-state index contributed by atoms with van der Waals surface area (Å²) in [6, 6.07) is 19.6. The molecule has 4 heterocycles. The lowest BCUT2D eigenvalue weighted by Crippen LogP contribution is -2.62. The molecular weight excluding hydrogens is 514 g/mol. The van der Waals surface area contributed by atoms with Crippen molar-refractivity contribution in [1.29, 1.82) is 0 Å². The normalized spacial score (nSPS) is 28.4. The number of ketones is 1. The Bertz CT molecular complexity index is 1560. The first-order chi connectivity index (χ1) is 18.9. The molecular formula is C31H28ClN3O4. The van der Waals surface area contributed by atoms with Crippen molar-refractivity contribution in [3.63, 3.8) is 0 Å². The van der Waals surface area contributed by atoms with Gasteiger partial charge in [0.15, 0.2) is 5.78 Å². The van der Waals surface area contributed by atoms with Crippen LogP contribution in [0.15, 0.2) is 66.7 Å². The van der Waals surface area contributed by atoms with Crippen molar-refractivity contribution in [2.75, 3.05) is 23.8 Å². The molecule has 2 saturated heterocycles. The van der Waals surface area contributed by atoms with Gasteiger partial charge in [-0.3, -0.25) is 19.3 Å². The highest BCUT2D eigenvalue weighted by molar-refractivity contribution is 6.31. The molecule has 4 aliphatic rings. The van der Waals surface area contributed by atoms with Gasteiger partial charge in [-0.1, -0.05) is 48.9 Å². The molecule has 3 aromatic rings. The minimum atomic E-state index is -1.49. The van der Waals surface area contributed by atoms with Crippen molar-refractivity contribution in [3.8, 4) is 5.75 Å². The Kier molecular flexibility index (Phi) is 5.41. The Morgan fingerprint density at radius 1 is 1.00 bits per heavy atom. The quantitative estimate of drug-likeness (QED) is 0.437. The Morgan fingerprint density at radius 3 is 2.64 bits per heavy atom. The molecule has 2 spiro atoms. The molecule has 0 aromatic heterocycles. The van der Waals surface area contributed by atoms with E-state index in [0.29, 0.717) is 58.4 Å². The average Bonchev–Trinajstić information content (AvgIpc) is 3.66. The molecule has 7 nitrogen and oxygen atoms in total. The molecule has 4 aliphatic heterocycles. The summed E-state index contributed by atoms with van der Waals surface area (Å²) in [6.07, 6.45) is 2.36. The molecule has 0 saturated carbocycles. The van der Waals surface area contributed by atoms with E-state index in [9.17, 15) is 14.4 Å². The minimum absolute atomic E-state index is 0.166. The number of anilines is 2. The molecule has 2 fully saturated rings. The van der Waals surface area contributed by atoms with Gasteiger partial charge < -0.3 is 15.4 Å². The van der Waals surface area contributed by atoms with Crippen LogP contribution in [0.3, 0.4) is 0 Å². The summed E-state index contributed by atoms with van der Waals surface area (Å²) < 4.78 is 5.84. The molecule has 0 bridgehead atoms. The maximum Gasteiger partial charge on any atom is 0.251 e. The van der Waals surface area contributed by atoms with Crippen molar-refractivity contribution in [3.05, 3.63) is 88.4 Å². The van der Waals surface area contributed by atoms with E-state index in [2.05, 4.69) is 15.5 Å². The highest BCUT2D eigenvalue weighted by Crippen LogP contribution is 2.68. The van der Waals surface area contributed by atoms with E-state index < -0.39 is 16.9 Å². The summed E-state index contributed by atoms with van der Waals surface area (Å²) in [4.78, 5) is 45.8. The minimum Gasteiger partial charge on any atom is -0.494 e. The Hall–Kier alpha value is -3.68. The van der Waals surface area contributed by atoms with Gasteiger partial charge in [-0.2, -0.15) is 0 Å². The van der Waals surface area contributed by atoms with Gasteiger partial charge in [0, 0.05) is 33.6 Å². The maximum absolute atomic E-state index is 14.7. The van der Waals surface area contributed by atoms with E-state index in [-0.39, 0.29) is 23.6 Å². The van der Waals surface area contributed by atoms with Gasteiger partial charge in [0.2, 0.25) is 5.91 Å². The lowest BCUT2D eigenvalue weighted by molar-refractivity contribution is -0.137. The number of amides is 2. The summed E-state index contributed by atoms with van der Waals surface area (Å²) in [5.74, 6) is -0.993. The van der Waals surface area contributed by atoms with E-state index in [0.717, 1.165) is 12.8 Å². The Labute approximate surface area is 231 Å². The summed E-state index contributed by atoms with van der Waals surface area (Å²) in [6.45, 7) is 3.15. The number of nitrogens with one attached hydrogen (secondary N) is 2. The molecule has 8 heteroatoms. The molecule has 39 heavy (non-hydrogen) atoms. The number of ether oxygens (including phenoxy) is 1. The van der Waals surface area contributed by atoms with Crippen LogP contribution in [0, 0.1) is 5.92 Å². The first-order valence-corrected chi connectivity index (χ1v) is 13.9. The number of nitrogens with zero attached hydrogens (tertiary/aromatic N) is 1. The largest absolute Gasteiger partial charge is 0.494 e. The summed E-state index contributed by atoms with van der Waals surface area (Å²) in [5.41, 5.74) is 0.115. The SMILES string of the molecule is CCCOc1cccc(C(=O)C2C3CCCN3C3(C(=O)Nc4ccc(Cl)cc43)C23C(=O)Nc2ccccc23)c1. The molecule has 2 N–H and O–H groups in total. The second-order valence-electron chi connectivity index (χ2n) is 10.8. The monoisotopic (exact) mass is 541 g/mol. The molecule has 3 aromatic carbocycles. The smallest absolute Gasteiger partial charge is 0.251 e. The predicted molar refractivity (Wildman–Crippen MR) is 148 cm³/mol. The molecule has 4 unspecified atom stereocenters. The number of halogens is 1. The summed E-state index contributed by atoms with van der Waals surface area (Å²) >= 11 is 6.52.